The zero-order chi connectivity index (χ0) is 16.2. The number of carbonyl (C=O) groups is 2. The van der Waals surface area contributed by atoms with Gasteiger partial charge >= 0.3 is 0 Å². The summed E-state index contributed by atoms with van der Waals surface area (Å²) < 4.78 is 0.798. The Morgan fingerprint density at radius 1 is 1.09 bits per heavy atom. The molecular formula is C17H23BrN2O2. The second-order valence-corrected chi connectivity index (χ2v) is 7.22. The minimum absolute atomic E-state index is 0.205. The molecule has 2 N–H and O–H groups in total. The molecule has 0 aliphatic heterocycles. The minimum Gasteiger partial charge on any atom is -0.352 e. The summed E-state index contributed by atoms with van der Waals surface area (Å²) in [7, 11) is 0. The molecule has 1 aliphatic carbocycles. The maximum Gasteiger partial charge on any atom is 0.239 e. The predicted octanol–water partition coefficient (Wildman–Crippen LogP) is 3.86. The van der Waals surface area contributed by atoms with E-state index in [2.05, 4.69) is 26.6 Å². The van der Waals surface area contributed by atoms with Crippen molar-refractivity contribution in [2.24, 2.45) is 5.41 Å². The molecule has 1 fully saturated rings. The third-order valence-corrected chi connectivity index (χ3v) is 4.89. The normalized spacial score (nSPS) is 16.1. The molecule has 1 aliphatic rings. The van der Waals surface area contributed by atoms with Crippen molar-refractivity contribution in [3.05, 3.63) is 28.7 Å². The SMILES string of the molecule is CC(C)(C(=O)Nc1ccccc1Br)C(=O)NC1CCCCC1. The summed E-state index contributed by atoms with van der Waals surface area (Å²) in [5, 5.41) is 5.85. The molecule has 5 heteroatoms. The average Bonchev–Trinajstić information content (AvgIpc) is 2.50. The van der Waals surface area contributed by atoms with Gasteiger partial charge in [0.05, 0.1) is 5.69 Å². The third kappa shape index (κ3) is 4.09. The first-order valence-corrected chi connectivity index (χ1v) is 8.57. The van der Waals surface area contributed by atoms with Gasteiger partial charge in [0.1, 0.15) is 5.41 Å². The molecule has 0 radical (unpaired) electrons. The van der Waals surface area contributed by atoms with E-state index < -0.39 is 5.41 Å². The van der Waals surface area contributed by atoms with Crippen LogP contribution in [0.2, 0.25) is 0 Å². The van der Waals surface area contributed by atoms with E-state index in [9.17, 15) is 9.59 Å². The number of carbonyl (C=O) groups excluding carboxylic acids is 2. The van der Waals surface area contributed by atoms with E-state index >= 15 is 0 Å². The van der Waals surface area contributed by atoms with Crippen LogP contribution in [0.4, 0.5) is 5.69 Å². The van der Waals surface area contributed by atoms with Gasteiger partial charge in [0.2, 0.25) is 11.8 Å². The lowest BCUT2D eigenvalue weighted by molar-refractivity contribution is -0.139. The average molecular weight is 367 g/mol. The van der Waals surface area contributed by atoms with Crippen molar-refractivity contribution in [2.45, 2.75) is 52.0 Å². The quantitative estimate of drug-likeness (QED) is 0.794. The number of nitrogens with one attached hydrogen (secondary N) is 2. The highest BCUT2D eigenvalue weighted by atomic mass is 79.9. The molecule has 0 saturated heterocycles. The summed E-state index contributed by atoms with van der Waals surface area (Å²) in [5.74, 6) is -0.503. The molecule has 1 saturated carbocycles. The van der Waals surface area contributed by atoms with Crippen molar-refractivity contribution < 1.29 is 9.59 Å². The van der Waals surface area contributed by atoms with Crippen molar-refractivity contribution in [1.82, 2.24) is 5.32 Å². The Morgan fingerprint density at radius 3 is 2.36 bits per heavy atom. The Balaban J connectivity index is 2.00. The Bertz CT molecular complexity index is 551. The maximum atomic E-state index is 12.5. The second kappa shape index (κ2) is 7.27. The summed E-state index contributed by atoms with van der Waals surface area (Å²) >= 11 is 3.39. The molecule has 0 bridgehead atoms. The molecule has 2 amide bonds. The topological polar surface area (TPSA) is 58.2 Å². The molecule has 120 valence electrons. The number of hydrogen-bond acceptors (Lipinski definition) is 2. The van der Waals surface area contributed by atoms with Gasteiger partial charge in [0.25, 0.3) is 0 Å². The lowest BCUT2D eigenvalue weighted by Gasteiger charge is -2.28. The number of rotatable bonds is 4. The summed E-state index contributed by atoms with van der Waals surface area (Å²) in [5.41, 5.74) is -0.432. The summed E-state index contributed by atoms with van der Waals surface area (Å²) in [6.07, 6.45) is 5.54. The van der Waals surface area contributed by atoms with Crippen molar-refractivity contribution >= 4 is 33.4 Å². The van der Waals surface area contributed by atoms with E-state index in [0.717, 1.165) is 30.2 Å². The van der Waals surface area contributed by atoms with Gasteiger partial charge in [0, 0.05) is 10.5 Å². The number of para-hydroxylation sites is 1. The zero-order valence-corrected chi connectivity index (χ0v) is 14.7. The first-order valence-electron chi connectivity index (χ1n) is 7.78. The molecule has 0 unspecified atom stereocenters. The molecule has 2 rings (SSSR count). The fraction of sp³-hybridized carbons (Fsp3) is 0.529. The molecule has 0 heterocycles. The highest BCUT2D eigenvalue weighted by Crippen LogP contribution is 2.26. The van der Waals surface area contributed by atoms with Gasteiger partial charge < -0.3 is 10.6 Å². The van der Waals surface area contributed by atoms with Crippen LogP contribution in [-0.2, 0) is 9.59 Å². The van der Waals surface area contributed by atoms with Crippen LogP contribution in [0.1, 0.15) is 46.0 Å². The van der Waals surface area contributed by atoms with E-state index in [1.807, 2.05) is 18.2 Å². The second-order valence-electron chi connectivity index (χ2n) is 6.37. The molecule has 4 nitrogen and oxygen atoms in total. The largest absolute Gasteiger partial charge is 0.352 e. The van der Waals surface area contributed by atoms with Gasteiger partial charge in [-0.2, -0.15) is 0 Å². The smallest absolute Gasteiger partial charge is 0.239 e. The van der Waals surface area contributed by atoms with Crippen LogP contribution in [0.25, 0.3) is 0 Å². The monoisotopic (exact) mass is 366 g/mol. The van der Waals surface area contributed by atoms with Gasteiger partial charge in [-0.1, -0.05) is 31.4 Å². The number of benzene rings is 1. The van der Waals surface area contributed by atoms with Gasteiger partial charge in [-0.25, -0.2) is 0 Å². The van der Waals surface area contributed by atoms with E-state index in [1.165, 1.54) is 6.42 Å². The van der Waals surface area contributed by atoms with E-state index in [-0.39, 0.29) is 17.9 Å². The Morgan fingerprint density at radius 2 is 1.73 bits per heavy atom. The first kappa shape index (κ1) is 17.0. The van der Waals surface area contributed by atoms with Crippen LogP contribution < -0.4 is 10.6 Å². The molecule has 1 aromatic rings. The Kier molecular flexibility index (Phi) is 5.62. The Labute approximate surface area is 140 Å². The lowest BCUT2D eigenvalue weighted by atomic mass is 9.88. The van der Waals surface area contributed by atoms with E-state index in [4.69, 9.17) is 0 Å². The molecule has 1 aromatic carbocycles. The predicted molar refractivity (Wildman–Crippen MR) is 91.6 cm³/mol. The van der Waals surface area contributed by atoms with Gasteiger partial charge in [-0.05, 0) is 54.8 Å². The number of halogens is 1. The van der Waals surface area contributed by atoms with E-state index in [1.54, 1.807) is 19.9 Å². The van der Waals surface area contributed by atoms with Crippen molar-refractivity contribution in [3.8, 4) is 0 Å². The number of anilines is 1. The van der Waals surface area contributed by atoms with Crippen LogP contribution >= 0.6 is 15.9 Å². The fourth-order valence-electron chi connectivity index (χ4n) is 2.56. The fourth-order valence-corrected chi connectivity index (χ4v) is 2.94. The Hall–Kier alpha value is -1.36. The number of amides is 2. The first-order chi connectivity index (χ1) is 10.4. The van der Waals surface area contributed by atoms with Crippen molar-refractivity contribution in [1.29, 1.82) is 0 Å². The molecule has 0 spiro atoms. The van der Waals surface area contributed by atoms with Crippen LogP contribution in [0.15, 0.2) is 28.7 Å². The molecule has 0 atom stereocenters. The minimum atomic E-state index is -1.10. The molecular weight excluding hydrogens is 344 g/mol. The van der Waals surface area contributed by atoms with Gasteiger partial charge in [-0.3, -0.25) is 9.59 Å². The standard InChI is InChI=1S/C17H23BrN2O2/c1-17(2,15(21)19-12-8-4-3-5-9-12)16(22)20-14-11-7-6-10-13(14)18/h6-7,10-12H,3-5,8-9H2,1-2H3,(H,19,21)(H,20,22). The molecule has 0 aromatic heterocycles. The molecule has 22 heavy (non-hydrogen) atoms. The van der Waals surface area contributed by atoms with Crippen LogP contribution in [0, 0.1) is 5.41 Å². The van der Waals surface area contributed by atoms with Crippen molar-refractivity contribution in [2.75, 3.05) is 5.32 Å². The van der Waals surface area contributed by atoms with Crippen molar-refractivity contribution in [3.63, 3.8) is 0 Å². The van der Waals surface area contributed by atoms with Gasteiger partial charge in [-0.15, -0.1) is 0 Å². The van der Waals surface area contributed by atoms with Gasteiger partial charge in [0.15, 0.2) is 0 Å². The summed E-state index contributed by atoms with van der Waals surface area (Å²) in [6.45, 7) is 3.33. The number of hydrogen-bond donors (Lipinski definition) is 2. The van der Waals surface area contributed by atoms with Crippen LogP contribution in [-0.4, -0.2) is 17.9 Å². The third-order valence-electron chi connectivity index (χ3n) is 4.20. The van der Waals surface area contributed by atoms with Crippen LogP contribution in [0.5, 0.6) is 0 Å². The zero-order valence-electron chi connectivity index (χ0n) is 13.1. The maximum absolute atomic E-state index is 12.5. The highest BCUT2D eigenvalue weighted by molar-refractivity contribution is 9.10. The van der Waals surface area contributed by atoms with Crippen LogP contribution in [0.3, 0.4) is 0 Å². The lowest BCUT2D eigenvalue weighted by Crippen LogP contribution is -2.49. The summed E-state index contributed by atoms with van der Waals surface area (Å²) in [6, 6.07) is 7.58. The summed E-state index contributed by atoms with van der Waals surface area (Å²) in [4.78, 5) is 24.9. The highest BCUT2D eigenvalue weighted by Gasteiger charge is 2.37. The van der Waals surface area contributed by atoms with E-state index in [0.29, 0.717) is 5.69 Å².